The Morgan fingerprint density at radius 1 is 1.32 bits per heavy atom. The van der Waals surface area contributed by atoms with Crippen LogP contribution in [0.15, 0.2) is 0 Å². The van der Waals surface area contributed by atoms with E-state index in [1.807, 2.05) is 4.68 Å². The van der Waals surface area contributed by atoms with Gasteiger partial charge in [-0.05, 0) is 49.5 Å². The molecule has 0 bridgehead atoms. The van der Waals surface area contributed by atoms with Gasteiger partial charge in [0.1, 0.15) is 0 Å². The molecular weight excluding hydrogens is 242 g/mol. The van der Waals surface area contributed by atoms with Gasteiger partial charge in [-0.1, -0.05) is 6.92 Å². The smallest absolute Gasteiger partial charge is 0.165 e. The summed E-state index contributed by atoms with van der Waals surface area (Å²) in [6.07, 6.45) is 2.14. The molecule has 1 fully saturated rings. The molecular formula is C13H25N5O. The lowest BCUT2D eigenvalue weighted by Crippen LogP contribution is -2.37. The van der Waals surface area contributed by atoms with Crippen molar-refractivity contribution in [3.8, 4) is 0 Å². The van der Waals surface area contributed by atoms with E-state index in [1.165, 1.54) is 0 Å². The van der Waals surface area contributed by atoms with E-state index < -0.39 is 0 Å². The van der Waals surface area contributed by atoms with Crippen molar-refractivity contribution in [1.82, 2.24) is 25.5 Å². The van der Waals surface area contributed by atoms with Crippen molar-refractivity contribution in [1.29, 1.82) is 0 Å². The van der Waals surface area contributed by atoms with Crippen LogP contribution in [0.5, 0.6) is 0 Å². The summed E-state index contributed by atoms with van der Waals surface area (Å²) in [5, 5.41) is 15.5. The Kier molecular flexibility index (Phi) is 4.20. The normalized spacial score (nSPS) is 19.6. The number of hydrogen-bond acceptors (Lipinski definition) is 5. The predicted molar refractivity (Wildman–Crippen MR) is 72.6 cm³/mol. The summed E-state index contributed by atoms with van der Waals surface area (Å²) >= 11 is 0. The molecule has 6 heteroatoms. The SMILES string of the molecule is CC1(Cn2nnnc2CNC(C)(C)C)CCOCC1. The number of ether oxygens (including phenoxy) is 1. The molecule has 0 atom stereocenters. The maximum atomic E-state index is 5.43. The minimum Gasteiger partial charge on any atom is -0.381 e. The number of nitrogens with zero attached hydrogens (tertiary/aromatic N) is 4. The van der Waals surface area contributed by atoms with Gasteiger partial charge in [0.25, 0.3) is 0 Å². The summed E-state index contributed by atoms with van der Waals surface area (Å²) in [4.78, 5) is 0. The van der Waals surface area contributed by atoms with E-state index in [0.29, 0.717) is 6.54 Å². The van der Waals surface area contributed by atoms with Crippen molar-refractivity contribution in [3.63, 3.8) is 0 Å². The molecule has 2 rings (SSSR count). The average Bonchev–Trinajstić information content (AvgIpc) is 2.73. The van der Waals surface area contributed by atoms with E-state index in [2.05, 4.69) is 48.5 Å². The molecule has 0 amide bonds. The Morgan fingerprint density at radius 3 is 2.63 bits per heavy atom. The lowest BCUT2D eigenvalue weighted by Gasteiger charge is -2.33. The Morgan fingerprint density at radius 2 is 2.00 bits per heavy atom. The van der Waals surface area contributed by atoms with Crippen LogP contribution in [0.25, 0.3) is 0 Å². The van der Waals surface area contributed by atoms with Crippen LogP contribution in [0, 0.1) is 5.41 Å². The minimum atomic E-state index is 0.0688. The average molecular weight is 267 g/mol. The highest BCUT2D eigenvalue weighted by molar-refractivity contribution is 4.86. The highest BCUT2D eigenvalue weighted by Gasteiger charge is 2.29. The molecule has 1 aliphatic heterocycles. The molecule has 6 nitrogen and oxygen atoms in total. The van der Waals surface area contributed by atoms with Crippen LogP contribution in [0.1, 0.15) is 46.4 Å². The van der Waals surface area contributed by atoms with Crippen molar-refractivity contribution in [2.24, 2.45) is 5.41 Å². The first kappa shape index (κ1) is 14.4. The van der Waals surface area contributed by atoms with E-state index in [0.717, 1.165) is 38.4 Å². The number of aromatic nitrogens is 4. The van der Waals surface area contributed by atoms with Gasteiger partial charge >= 0.3 is 0 Å². The summed E-state index contributed by atoms with van der Waals surface area (Å²) in [5.41, 5.74) is 0.309. The summed E-state index contributed by atoms with van der Waals surface area (Å²) in [5.74, 6) is 0.905. The predicted octanol–water partition coefficient (Wildman–Crippen LogP) is 1.38. The molecule has 0 unspecified atom stereocenters. The van der Waals surface area contributed by atoms with Crippen molar-refractivity contribution in [2.45, 2.75) is 59.2 Å². The zero-order chi connectivity index (χ0) is 13.9. The molecule has 2 heterocycles. The highest BCUT2D eigenvalue weighted by Crippen LogP contribution is 2.31. The maximum Gasteiger partial charge on any atom is 0.165 e. The maximum absolute atomic E-state index is 5.43. The molecule has 0 radical (unpaired) electrons. The summed E-state index contributed by atoms with van der Waals surface area (Å²) in [7, 11) is 0. The fourth-order valence-electron chi connectivity index (χ4n) is 2.20. The lowest BCUT2D eigenvalue weighted by atomic mass is 9.82. The van der Waals surface area contributed by atoms with Crippen LogP contribution in [0.2, 0.25) is 0 Å². The van der Waals surface area contributed by atoms with Crippen LogP contribution in [-0.2, 0) is 17.8 Å². The fraction of sp³-hybridized carbons (Fsp3) is 0.923. The molecule has 0 aliphatic carbocycles. The topological polar surface area (TPSA) is 64.9 Å². The van der Waals surface area contributed by atoms with Gasteiger partial charge in [0.15, 0.2) is 5.82 Å². The Bertz CT molecular complexity index is 403. The number of tetrazole rings is 1. The third-order valence-electron chi connectivity index (χ3n) is 3.61. The van der Waals surface area contributed by atoms with Gasteiger partial charge in [0.2, 0.25) is 0 Å². The largest absolute Gasteiger partial charge is 0.381 e. The Balaban J connectivity index is 1.99. The van der Waals surface area contributed by atoms with Gasteiger partial charge in [-0.2, -0.15) is 0 Å². The molecule has 1 aliphatic rings. The summed E-state index contributed by atoms with van der Waals surface area (Å²) in [6.45, 7) is 12.0. The second-order valence-corrected chi connectivity index (χ2v) is 6.78. The third kappa shape index (κ3) is 4.24. The van der Waals surface area contributed by atoms with Crippen molar-refractivity contribution in [3.05, 3.63) is 5.82 Å². The zero-order valence-electron chi connectivity index (χ0n) is 12.4. The van der Waals surface area contributed by atoms with Gasteiger partial charge in [-0.3, -0.25) is 0 Å². The zero-order valence-corrected chi connectivity index (χ0v) is 12.4. The second kappa shape index (κ2) is 5.54. The van der Waals surface area contributed by atoms with Gasteiger partial charge in [0, 0.05) is 18.8 Å². The first-order chi connectivity index (χ1) is 8.88. The van der Waals surface area contributed by atoms with E-state index in [-0.39, 0.29) is 11.0 Å². The first-order valence-corrected chi connectivity index (χ1v) is 6.96. The molecule has 19 heavy (non-hydrogen) atoms. The van der Waals surface area contributed by atoms with Gasteiger partial charge in [-0.15, -0.1) is 5.10 Å². The third-order valence-corrected chi connectivity index (χ3v) is 3.61. The monoisotopic (exact) mass is 267 g/mol. The van der Waals surface area contributed by atoms with E-state index in [4.69, 9.17) is 4.74 Å². The minimum absolute atomic E-state index is 0.0688. The van der Waals surface area contributed by atoms with Gasteiger partial charge in [0.05, 0.1) is 13.1 Å². The quantitative estimate of drug-likeness (QED) is 0.892. The first-order valence-electron chi connectivity index (χ1n) is 6.96. The Hall–Kier alpha value is -1.01. The molecule has 108 valence electrons. The van der Waals surface area contributed by atoms with E-state index in [1.54, 1.807) is 0 Å². The lowest BCUT2D eigenvalue weighted by molar-refractivity contribution is 0.0131. The Labute approximate surface area is 114 Å². The molecule has 1 aromatic rings. The molecule has 0 saturated carbocycles. The van der Waals surface area contributed by atoms with Crippen LogP contribution < -0.4 is 5.32 Å². The number of hydrogen-bond donors (Lipinski definition) is 1. The van der Waals surface area contributed by atoms with Crippen molar-refractivity contribution < 1.29 is 4.74 Å². The number of nitrogens with one attached hydrogen (secondary N) is 1. The molecule has 0 spiro atoms. The number of rotatable bonds is 4. The second-order valence-electron chi connectivity index (χ2n) is 6.78. The fourth-order valence-corrected chi connectivity index (χ4v) is 2.20. The highest BCUT2D eigenvalue weighted by atomic mass is 16.5. The molecule has 1 N–H and O–H groups in total. The molecule has 1 saturated heterocycles. The van der Waals surface area contributed by atoms with E-state index in [9.17, 15) is 0 Å². The summed E-state index contributed by atoms with van der Waals surface area (Å²) < 4.78 is 7.37. The van der Waals surface area contributed by atoms with Gasteiger partial charge < -0.3 is 10.1 Å². The van der Waals surface area contributed by atoms with Crippen LogP contribution in [0.4, 0.5) is 0 Å². The van der Waals surface area contributed by atoms with Crippen LogP contribution in [0.3, 0.4) is 0 Å². The van der Waals surface area contributed by atoms with Gasteiger partial charge in [-0.25, -0.2) is 4.68 Å². The standard InChI is InChI=1S/C13H25N5O/c1-12(2,3)14-9-11-15-16-17-18(11)10-13(4)5-7-19-8-6-13/h14H,5-10H2,1-4H3. The van der Waals surface area contributed by atoms with Crippen molar-refractivity contribution in [2.75, 3.05) is 13.2 Å². The van der Waals surface area contributed by atoms with E-state index >= 15 is 0 Å². The van der Waals surface area contributed by atoms with Crippen LogP contribution in [-0.4, -0.2) is 39.0 Å². The molecule has 0 aromatic carbocycles. The molecule has 1 aromatic heterocycles. The summed E-state index contributed by atoms with van der Waals surface area (Å²) in [6, 6.07) is 0. The van der Waals surface area contributed by atoms with Crippen LogP contribution >= 0.6 is 0 Å². The van der Waals surface area contributed by atoms with Crippen molar-refractivity contribution >= 4 is 0 Å².